The number of nitrogens with one attached hydrogen (secondary N) is 1. The molecule has 4 rings (SSSR count). The number of hydrogen-bond donors (Lipinski definition) is 1. The van der Waals surface area contributed by atoms with Gasteiger partial charge in [-0.2, -0.15) is 0 Å². The fraction of sp³-hybridized carbons (Fsp3) is 0.318. The Kier molecular flexibility index (Phi) is 5.70. The zero-order valence-corrected chi connectivity index (χ0v) is 18.6. The summed E-state index contributed by atoms with van der Waals surface area (Å²) >= 11 is 3.38. The number of carbonyl (C=O) groups is 3. The van der Waals surface area contributed by atoms with Gasteiger partial charge in [0.05, 0.1) is 0 Å². The first-order valence-corrected chi connectivity index (χ1v) is 10.8. The molecule has 1 N–H and O–H groups in total. The average Bonchev–Trinajstić information content (AvgIpc) is 2.98. The number of nitrogens with zero attached hydrogens (tertiary/aromatic N) is 3. The van der Waals surface area contributed by atoms with Gasteiger partial charge in [0.15, 0.2) is 0 Å². The Bertz CT molecular complexity index is 1020. The minimum absolute atomic E-state index is 0.277. The molecule has 0 spiro atoms. The predicted molar refractivity (Wildman–Crippen MR) is 117 cm³/mol. The summed E-state index contributed by atoms with van der Waals surface area (Å²) < 4.78 is 13.9. The van der Waals surface area contributed by atoms with Gasteiger partial charge >= 0.3 is 6.03 Å². The molecular formula is C22H22BrFN4O3. The molecule has 0 aliphatic carbocycles. The first-order chi connectivity index (χ1) is 14.8. The molecule has 4 amide bonds. The van der Waals surface area contributed by atoms with Gasteiger partial charge < -0.3 is 15.1 Å². The van der Waals surface area contributed by atoms with Crippen LogP contribution in [0.25, 0.3) is 0 Å². The lowest BCUT2D eigenvalue weighted by molar-refractivity contribution is -0.139. The minimum Gasteiger partial charge on any atom is -0.368 e. The summed E-state index contributed by atoms with van der Waals surface area (Å²) in [5.41, 5.74) is 0.318. The number of carbonyl (C=O) groups excluding carboxylic acids is 3. The highest BCUT2D eigenvalue weighted by atomic mass is 79.9. The predicted octanol–water partition coefficient (Wildman–Crippen LogP) is 2.70. The quantitative estimate of drug-likeness (QED) is 0.671. The first-order valence-electron chi connectivity index (χ1n) is 9.96. The van der Waals surface area contributed by atoms with Crippen LogP contribution >= 0.6 is 15.9 Å². The van der Waals surface area contributed by atoms with Crippen molar-refractivity contribution in [2.45, 2.75) is 12.5 Å². The van der Waals surface area contributed by atoms with Gasteiger partial charge in [-0.05, 0) is 48.9 Å². The molecule has 162 valence electrons. The normalized spacial score (nSPS) is 21.5. The SMILES string of the molecule is CC1(c2cccc(Br)c2)NC(=O)N(CC(=O)N2CCN(c3ccc(F)cc3)CC2)C1=O. The Morgan fingerprint density at radius 2 is 1.77 bits per heavy atom. The van der Waals surface area contributed by atoms with Crippen molar-refractivity contribution in [2.75, 3.05) is 37.6 Å². The summed E-state index contributed by atoms with van der Waals surface area (Å²) in [4.78, 5) is 43.1. The number of rotatable bonds is 4. The Labute approximate surface area is 187 Å². The van der Waals surface area contributed by atoms with E-state index >= 15 is 0 Å². The van der Waals surface area contributed by atoms with Gasteiger partial charge in [0.1, 0.15) is 17.9 Å². The highest BCUT2D eigenvalue weighted by molar-refractivity contribution is 9.10. The summed E-state index contributed by atoms with van der Waals surface area (Å²) in [6.45, 7) is 3.44. The Hall–Kier alpha value is -2.94. The number of benzene rings is 2. The van der Waals surface area contributed by atoms with Crippen LogP contribution in [-0.2, 0) is 15.1 Å². The van der Waals surface area contributed by atoms with E-state index in [1.165, 1.54) is 12.1 Å². The van der Waals surface area contributed by atoms with Crippen LogP contribution in [0.1, 0.15) is 12.5 Å². The molecule has 2 aliphatic rings. The molecule has 2 aromatic carbocycles. The monoisotopic (exact) mass is 488 g/mol. The molecule has 0 bridgehead atoms. The molecule has 2 aliphatic heterocycles. The van der Waals surface area contributed by atoms with Crippen molar-refractivity contribution < 1.29 is 18.8 Å². The number of piperazine rings is 1. The van der Waals surface area contributed by atoms with Crippen molar-refractivity contribution in [1.82, 2.24) is 15.1 Å². The van der Waals surface area contributed by atoms with Gasteiger partial charge in [0.2, 0.25) is 5.91 Å². The highest BCUT2D eigenvalue weighted by Gasteiger charge is 2.49. The maximum absolute atomic E-state index is 13.1. The van der Waals surface area contributed by atoms with E-state index in [0.29, 0.717) is 31.7 Å². The second-order valence-electron chi connectivity index (χ2n) is 7.80. The number of amides is 4. The van der Waals surface area contributed by atoms with Gasteiger partial charge in [0, 0.05) is 36.3 Å². The molecular weight excluding hydrogens is 467 g/mol. The van der Waals surface area contributed by atoms with Crippen LogP contribution in [-0.4, -0.2) is 60.4 Å². The van der Waals surface area contributed by atoms with Crippen molar-refractivity contribution in [3.63, 3.8) is 0 Å². The summed E-state index contributed by atoms with van der Waals surface area (Å²) in [6, 6.07) is 12.8. The molecule has 31 heavy (non-hydrogen) atoms. The molecule has 7 nitrogen and oxygen atoms in total. The van der Waals surface area contributed by atoms with Crippen LogP contribution in [0.3, 0.4) is 0 Å². The molecule has 0 aromatic heterocycles. The summed E-state index contributed by atoms with van der Waals surface area (Å²) in [5.74, 6) is -1.02. The smallest absolute Gasteiger partial charge is 0.325 e. The first kappa shape index (κ1) is 21.3. The number of halogens is 2. The van der Waals surface area contributed by atoms with E-state index in [1.54, 1.807) is 42.2 Å². The molecule has 0 saturated carbocycles. The fourth-order valence-electron chi connectivity index (χ4n) is 3.94. The molecule has 2 aromatic rings. The van der Waals surface area contributed by atoms with E-state index in [0.717, 1.165) is 15.1 Å². The molecule has 0 radical (unpaired) electrons. The van der Waals surface area contributed by atoms with Gasteiger partial charge in [-0.25, -0.2) is 9.18 Å². The van der Waals surface area contributed by atoms with Crippen LogP contribution < -0.4 is 10.2 Å². The van der Waals surface area contributed by atoms with Crippen molar-refractivity contribution in [2.24, 2.45) is 0 Å². The van der Waals surface area contributed by atoms with E-state index < -0.39 is 17.5 Å². The Morgan fingerprint density at radius 1 is 1.10 bits per heavy atom. The van der Waals surface area contributed by atoms with E-state index in [2.05, 4.69) is 26.1 Å². The Morgan fingerprint density at radius 3 is 2.42 bits per heavy atom. The lowest BCUT2D eigenvalue weighted by Crippen LogP contribution is -2.52. The van der Waals surface area contributed by atoms with Crippen LogP contribution in [0.2, 0.25) is 0 Å². The molecule has 2 heterocycles. The number of hydrogen-bond acceptors (Lipinski definition) is 4. The zero-order valence-electron chi connectivity index (χ0n) is 17.0. The molecule has 2 fully saturated rings. The standard InChI is InChI=1S/C22H22BrFN4O3/c1-22(15-3-2-4-16(23)13-15)20(30)28(21(31)25-22)14-19(29)27-11-9-26(10-12-27)18-7-5-17(24)6-8-18/h2-8,13H,9-12,14H2,1H3,(H,25,31). The topological polar surface area (TPSA) is 73.0 Å². The van der Waals surface area contributed by atoms with Gasteiger partial charge in [-0.3, -0.25) is 14.5 Å². The molecule has 1 atom stereocenters. The largest absolute Gasteiger partial charge is 0.368 e. The van der Waals surface area contributed by atoms with Gasteiger partial charge in [-0.1, -0.05) is 28.1 Å². The van der Waals surface area contributed by atoms with E-state index in [1.807, 2.05) is 6.07 Å². The second kappa shape index (κ2) is 8.30. The average molecular weight is 489 g/mol. The van der Waals surface area contributed by atoms with Crippen molar-refractivity contribution in [1.29, 1.82) is 0 Å². The Balaban J connectivity index is 1.39. The van der Waals surface area contributed by atoms with Crippen molar-refractivity contribution in [3.8, 4) is 0 Å². The lowest BCUT2D eigenvalue weighted by atomic mass is 9.92. The minimum atomic E-state index is -1.22. The molecule has 1 unspecified atom stereocenters. The maximum Gasteiger partial charge on any atom is 0.325 e. The van der Waals surface area contributed by atoms with Crippen LogP contribution in [0.4, 0.5) is 14.9 Å². The second-order valence-corrected chi connectivity index (χ2v) is 8.72. The third-order valence-corrected chi connectivity index (χ3v) is 6.29. The van der Waals surface area contributed by atoms with Crippen molar-refractivity contribution >= 4 is 39.5 Å². The number of urea groups is 1. The van der Waals surface area contributed by atoms with Crippen LogP contribution in [0.15, 0.2) is 53.0 Å². The van der Waals surface area contributed by atoms with Gasteiger partial charge in [-0.15, -0.1) is 0 Å². The summed E-state index contributed by atoms with van der Waals surface area (Å²) in [5, 5.41) is 2.72. The number of imide groups is 1. The zero-order chi connectivity index (χ0) is 22.2. The summed E-state index contributed by atoms with van der Waals surface area (Å²) in [7, 11) is 0. The third-order valence-electron chi connectivity index (χ3n) is 5.79. The maximum atomic E-state index is 13.1. The molecule has 2 saturated heterocycles. The third kappa shape index (κ3) is 4.14. The van der Waals surface area contributed by atoms with Crippen LogP contribution in [0.5, 0.6) is 0 Å². The van der Waals surface area contributed by atoms with E-state index in [-0.39, 0.29) is 18.3 Å². The molecule has 9 heteroatoms. The highest BCUT2D eigenvalue weighted by Crippen LogP contribution is 2.30. The van der Waals surface area contributed by atoms with Crippen LogP contribution in [0, 0.1) is 5.82 Å². The number of anilines is 1. The van der Waals surface area contributed by atoms with Gasteiger partial charge in [0.25, 0.3) is 5.91 Å². The summed E-state index contributed by atoms with van der Waals surface area (Å²) in [6.07, 6.45) is 0. The fourth-order valence-corrected chi connectivity index (χ4v) is 4.34. The van der Waals surface area contributed by atoms with E-state index in [4.69, 9.17) is 0 Å². The van der Waals surface area contributed by atoms with E-state index in [9.17, 15) is 18.8 Å². The van der Waals surface area contributed by atoms with Crippen molar-refractivity contribution in [3.05, 3.63) is 64.4 Å². The lowest BCUT2D eigenvalue weighted by Gasteiger charge is -2.36.